The fourth-order valence-electron chi connectivity index (χ4n) is 3.00. The number of alkyl halides is 3. The summed E-state index contributed by atoms with van der Waals surface area (Å²) < 4.78 is 44.1. The number of H-pyrrole nitrogens is 1. The summed E-state index contributed by atoms with van der Waals surface area (Å²) in [6.07, 6.45) is -3.13. The number of hydrogen-bond acceptors (Lipinski definition) is 4. The van der Waals surface area contributed by atoms with Gasteiger partial charge in [-0.2, -0.15) is 18.3 Å². The second-order valence-corrected chi connectivity index (χ2v) is 5.88. The van der Waals surface area contributed by atoms with Gasteiger partial charge in [0.25, 0.3) is 0 Å². The highest BCUT2D eigenvalue weighted by Crippen LogP contribution is 2.36. The molecule has 1 aliphatic rings. The lowest BCUT2D eigenvalue weighted by atomic mass is 9.85. The van der Waals surface area contributed by atoms with E-state index in [1.807, 2.05) is 6.92 Å². The number of aromatic amines is 1. The van der Waals surface area contributed by atoms with Crippen LogP contribution in [0.15, 0.2) is 4.52 Å². The van der Waals surface area contributed by atoms with E-state index in [-0.39, 0.29) is 17.9 Å². The molecule has 0 bridgehead atoms. The summed E-state index contributed by atoms with van der Waals surface area (Å²) in [5, 5.41) is 12.4. The molecule has 0 spiro atoms. The van der Waals surface area contributed by atoms with Crippen LogP contribution in [0, 0.1) is 12.8 Å². The molecule has 130 valence electrons. The first-order chi connectivity index (χ1) is 11.3. The second-order valence-electron chi connectivity index (χ2n) is 5.88. The van der Waals surface area contributed by atoms with Crippen LogP contribution in [0.1, 0.15) is 41.8 Å². The average Bonchev–Trinajstić information content (AvgIpc) is 3.10. The van der Waals surface area contributed by atoms with Crippen molar-refractivity contribution in [2.75, 3.05) is 5.32 Å². The van der Waals surface area contributed by atoms with Gasteiger partial charge in [-0.1, -0.05) is 12.1 Å². The van der Waals surface area contributed by atoms with Crippen molar-refractivity contribution in [3.8, 4) is 0 Å². The third kappa shape index (κ3) is 2.90. The number of carbonyl (C=O) groups is 1. The van der Waals surface area contributed by atoms with Gasteiger partial charge >= 0.3 is 6.18 Å². The fourth-order valence-corrected chi connectivity index (χ4v) is 3.00. The number of anilines is 1. The normalized spacial score (nSPS) is 17.6. The van der Waals surface area contributed by atoms with Gasteiger partial charge in [-0.05, 0) is 26.2 Å². The standard InChI is InChI=1S/C15H17F3N4O2/c1-3-11-12(7(2)22-24-11)19-14(23)8-4-5-10-9(6-8)13(21-20-10)15(16,17)18/h8H,3-6H2,1-2H3,(H,19,23)(H,20,21)/t8-/m1/s1. The number of nitrogens with zero attached hydrogens (tertiary/aromatic N) is 2. The second kappa shape index (κ2) is 5.95. The summed E-state index contributed by atoms with van der Waals surface area (Å²) in [7, 11) is 0. The monoisotopic (exact) mass is 342 g/mol. The Morgan fingerprint density at radius 1 is 1.46 bits per heavy atom. The molecule has 1 atom stereocenters. The van der Waals surface area contributed by atoms with Gasteiger partial charge in [0.15, 0.2) is 11.5 Å². The molecule has 2 N–H and O–H groups in total. The molecule has 0 saturated heterocycles. The van der Waals surface area contributed by atoms with Crippen molar-refractivity contribution in [3.63, 3.8) is 0 Å². The van der Waals surface area contributed by atoms with Crippen LogP contribution in [0.3, 0.4) is 0 Å². The number of carbonyl (C=O) groups excluding carboxylic acids is 1. The quantitative estimate of drug-likeness (QED) is 0.898. The minimum atomic E-state index is -4.52. The maximum absolute atomic E-state index is 13.0. The van der Waals surface area contributed by atoms with E-state index < -0.39 is 17.8 Å². The predicted octanol–water partition coefficient (Wildman–Crippen LogP) is 3.03. The van der Waals surface area contributed by atoms with E-state index in [1.54, 1.807) is 6.92 Å². The molecule has 3 rings (SSSR count). The summed E-state index contributed by atoms with van der Waals surface area (Å²) in [4.78, 5) is 12.5. The summed E-state index contributed by atoms with van der Waals surface area (Å²) >= 11 is 0. The Morgan fingerprint density at radius 3 is 2.88 bits per heavy atom. The van der Waals surface area contributed by atoms with Crippen LogP contribution in [-0.4, -0.2) is 21.3 Å². The van der Waals surface area contributed by atoms with E-state index in [1.165, 1.54) is 0 Å². The topological polar surface area (TPSA) is 83.8 Å². The van der Waals surface area contributed by atoms with Gasteiger partial charge < -0.3 is 9.84 Å². The van der Waals surface area contributed by atoms with Gasteiger partial charge in [0, 0.05) is 23.6 Å². The minimum absolute atomic E-state index is 0.0122. The molecule has 2 heterocycles. The molecule has 2 aromatic rings. The van der Waals surface area contributed by atoms with Gasteiger partial charge in [-0.25, -0.2) is 0 Å². The van der Waals surface area contributed by atoms with Crippen molar-refractivity contribution in [1.29, 1.82) is 0 Å². The Hall–Kier alpha value is -2.32. The van der Waals surface area contributed by atoms with Crippen molar-refractivity contribution in [1.82, 2.24) is 15.4 Å². The highest BCUT2D eigenvalue weighted by Gasteiger charge is 2.40. The Morgan fingerprint density at radius 2 is 2.21 bits per heavy atom. The van der Waals surface area contributed by atoms with Crippen molar-refractivity contribution >= 4 is 11.6 Å². The van der Waals surface area contributed by atoms with E-state index in [4.69, 9.17) is 4.52 Å². The molecule has 9 heteroatoms. The van der Waals surface area contributed by atoms with Crippen molar-refractivity contribution in [3.05, 3.63) is 28.4 Å². The van der Waals surface area contributed by atoms with Crippen LogP contribution in [0.5, 0.6) is 0 Å². The molecule has 6 nitrogen and oxygen atoms in total. The first-order valence-electron chi connectivity index (χ1n) is 7.70. The van der Waals surface area contributed by atoms with Gasteiger partial charge in [-0.3, -0.25) is 9.89 Å². The highest BCUT2D eigenvalue weighted by atomic mass is 19.4. The van der Waals surface area contributed by atoms with Crippen molar-refractivity contribution < 1.29 is 22.5 Å². The van der Waals surface area contributed by atoms with Gasteiger partial charge in [0.2, 0.25) is 5.91 Å². The van der Waals surface area contributed by atoms with Crippen LogP contribution in [0.4, 0.5) is 18.9 Å². The number of amides is 1. The molecule has 0 fully saturated rings. The molecule has 1 aliphatic carbocycles. The van der Waals surface area contributed by atoms with Crippen LogP contribution in [-0.2, 0) is 30.2 Å². The lowest BCUT2D eigenvalue weighted by Crippen LogP contribution is -2.29. The van der Waals surface area contributed by atoms with E-state index in [2.05, 4.69) is 20.7 Å². The van der Waals surface area contributed by atoms with E-state index in [0.29, 0.717) is 42.1 Å². The highest BCUT2D eigenvalue weighted by molar-refractivity contribution is 5.93. The van der Waals surface area contributed by atoms with Gasteiger partial charge in [0.1, 0.15) is 11.4 Å². The number of hydrogen-bond donors (Lipinski definition) is 2. The summed E-state index contributed by atoms with van der Waals surface area (Å²) in [6, 6.07) is 0. The van der Waals surface area contributed by atoms with Crippen molar-refractivity contribution in [2.24, 2.45) is 5.92 Å². The molecule has 0 aromatic carbocycles. The van der Waals surface area contributed by atoms with Crippen LogP contribution >= 0.6 is 0 Å². The van der Waals surface area contributed by atoms with Crippen LogP contribution < -0.4 is 5.32 Å². The first-order valence-corrected chi connectivity index (χ1v) is 7.70. The lowest BCUT2D eigenvalue weighted by molar-refractivity contribution is -0.142. The predicted molar refractivity (Wildman–Crippen MR) is 78.4 cm³/mol. The number of nitrogens with one attached hydrogen (secondary N) is 2. The number of rotatable bonds is 3. The third-order valence-electron chi connectivity index (χ3n) is 4.29. The Balaban J connectivity index is 1.79. The summed E-state index contributed by atoms with van der Waals surface area (Å²) in [5.74, 6) is -0.317. The molecule has 2 aromatic heterocycles. The third-order valence-corrected chi connectivity index (χ3v) is 4.29. The maximum Gasteiger partial charge on any atom is 0.435 e. The number of aromatic nitrogens is 3. The SMILES string of the molecule is CCc1onc(C)c1NC(=O)[C@@H]1CCc2[nH]nc(C(F)(F)F)c2C1. The largest absolute Gasteiger partial charge is 0.435 e. The van der Waals surface area contributed by atoms with Gasteiger partial charge in [0.05, 0.1) is 0 Å². The Labute approximate surface area is 135 Å². The van der Waals surface area contributed by atoms with Crippen LogP contribution in [0.25, 0.3) is 0 Å². The molecular formula is C15H17F3N4O2. The Bertz CT molecular complexity index is 763. The fraction of sp³-hybridized carbons (Fsp3) is 0.533. The van der Waals surface area contributed by atoms with E-state index >= 15 is 0 Å². The maximum atomic E-state index is 13.0. The smallest absolute Gasteiger partial charge is 0.359 e. The number of aryl methyl sites for hydroxylation is 3. The van der Waals surface area contributed by atoms with E-state index in [9.17, 15) is 18.0 Å². The number of fused-ring (bicyclic) bond motifs is 1. The molecule has 0 radical (unpaired) electrons. The minimum Gasteiger partial charge on any atom is -0.359 e. The Kier molecular flexibility index (Phi) is 4.10. The van der Waals surface area contributed by atoms with Crippen molar-refractivity contribution in [2.45, 2.75) is 45.7 Å². The zero-order valence-electron chi connectivity index (χ0n) is 13.3. The zero-order chi connectivity index (χ0) is 17.5. The summed E-state index contributed by atoms with van der Waals surface area (Å²) in [6.45, 7) is 3.57. The van der Waals surface area contributed by atoms with E-state index in [0.717, 1.165) is 0 Å². The summed E-state index contributed by atoms with van der Waals surface area (Å²) in [5.41, 5.74) is 0.686. The molecule has 24 heavy (non-hydrogen) atoms. The van der Waals surface area contributed by atoms with Gasteiger partial charge in [-0.15, -0.1) is 0 Å². The molecule has 0 unspecified atom stereocenters. The van der Waals surface area contributed by atoms with Crippen LogP contribution in [0.2, 0.25) is 0 Å². The lowest BCUT2D eigenvalue weighted by Gasteiger charge is -2.22. The average molecular weight is 342 g/mol. The molecule has 1 amide bonds. The molecule has 0 saturated carbocycles. The number of halogens is 3. The zero-order valence-corrected chi connectivity index (χ0v) is 13.3. The first kappa shape index (κ1) is 16.5. The molecular weight excluding hydrogens is 325 g/mol. The molecule has 0 aliphatic heterocycles.